The van der Waals surface area contributed by atoms with Crippen LogP contribution in [0.2, 0.25) is 0 Å². The molecule has 0 unspecified atom stereocenters. The maximum atomic E-state index is 13.5. The topological polar surface area (TPSA) is 296 Å². The number of guanidine groups is 1. The van der Waals surface area contributed by atoms with Gasteiger partial charge in [0.2, 0.25) is 26.0 Å². The van der Waals surface area contributed by atoms with Gasteiger partial charge in [0.25, 0.3) is 5.91 Å². The van der Waals surface area contributed by atoms with Gasteiger partial charge in [0.1, 0.15) is 24.3 Å². The van der Waals surface area contributed by atoms with Gasteiger partial charge in [0.15, 0.2) is 5.96 Å². The summed E-state index contributed by atoms with van der Waals surface area (Å²) in [7, 11) is -7.30. The predicted octanol–water partition coefficient (Wildman–Crippen LogP) is 3.09. The molecule has 0 saturated heterocycles. The van der Waals surface area contributed by atoms with Crippen LogP contribution in [-0.2, 0) is 61.8 Å². The van der Waals surface area contributed by atoms with Gasteiger partial charge in [-0.2, -0.15) is 9.82 Å². The summed E-state index contributed by atoms with van der Waals surface area (Å²) in [5.74, 6) is -1.93. The van der Waals surface area contributed by atoms with Crippen molar-refractivity contribution in [3.8, 4) is 11.1 Å². The molecule has 74 heavy (non-hydrogen) atoms. The number of carbonyl (C=O) groups is 5. The van der Waals surface area contributed by atoms with E-state index in [1.165, 1.54) is 48.5 Å². The van der Waals surface area contributed by atoms with Crippen LogP contribution in [0, 0.1) is 0 Å². The van der Waals surface area contributed by atoms with Gasteiger partial charge >= 0.3 is 18.0 Å². The smallest absolute Gasteiger partial charge is 0.408 e. The second kappa shape index (κ2) is 26.0. The lowest BCUT2D eigenvalue weighted by Gasteiger charge is -2.21. The molecule has 0 bridgehead atoms. The van der Waals surface area contributed by atoms with Crippen LogP contribution < -0.4 is 36.0 Å². The molecule has 2 atom stereocenters. The number of fused-ring (bicyclic) bond motifs is 1. The minimum absolute atomic E-state index is 0.0560. The molecule has 1 aliphatic rings. The van der Waals surface area contributed by atoms with E-state index in [9.17, 15) is 40.8 Å². The van der Waals surface area contributed by atoms with Crippen molar-refractivity contribution in [1.29, 1.82) is 0 Å². The van der Waals surface area contributed by atoms with E-state index in [-0.39, 0.29) is 47.9 Å². The molecule has 3 amide bonds. The molecule has 6 rings (SSSR count). The SMILES string of the molecule is COC(=O)[C@H](CNC(=O)c1ccc2c(cnn2CCCNC2=NCCCN2)c1)NS(=O)(=O)c1ccc(-c2ccc(S(=O)(=O)NCCNC(=O)[C@H](CCC(=O)OC(C)(C)C)NC(=O)OCc3ccccc3)cc2)cc1. The molecule has 0 aliphatic carbocycles. The highest BCUT2D eigenvalue weighted by Gasteiger charge is 2.28. The van der Waals surface area contributed by atoms with Gasteiger partial charge in [-0.25, -0.2) is 26.4 Å². The van der Waals surface area contributed by atoms with Gasteiger partial charge in [-0.15, -0.1) is 0 Å². The van der Waals surface area contributed by atoms with Crippen molar-refractivity contribution >= 4 is 66.8 Å². The van der Waals surface area contributed by atoms with Gasteiger partial charge < -0.3 is 40.8 Å². The summed E-state index contributed by atoms with van der Waals surface area (Å²) >= 11 is 0. The Bertz CT molecular complexity index is 3000. The average Bonchev–Trinajstić information content (AvgIpc) is 3.80. The average molecular weight is 1060 g/mol. The maximum Gasteiger partial charge on any atom is 0.408 e. The van der Waals surface area contributed by atoms with Crippen molar-refractivity contribution in [2.24, 2.45) is 4.99 Å². The van der Waals surface area contributed by atoms with E-state index < -0.39 is 74.1 Å². The van der Waals surface area contributed by atoms with Gasteiger partial charge in [0.05, 0.1) is 28.6 Å². The van der Waals surface area contributed by atoms with Crippen LogP contribution in [0.25, 0.3) is 22.0 Å². The lowest BCUT2D eigenvalue weighted by atomic mass is 10.1. The molecule has 0 fully saturated rings. The second-order valence-electron chi connectivity index (χ2n) is 18.0. The minimum atomic E-state index is -4.33. The van der Waals surface area contributed by atoms with Crippen molar-refractivity contribution in [3.63, 3.8) is 0 Å². The molecule has 7 N–H and O–H groups in total. The molecule has 1 aliphatic heterocycles. The number of aromatic nitrogens is 2. The lowest BCUT2D eigenvalue weighted by Crippen LogP contribution is -2.48. The largest absolute Gasteiger partial charge is 0.468 e. The Labute approximate surface area is 429 Å². The van der Waals surface area contributed by atoms with Crippen molar-refractivity contribution in [3.05, 3.63) is 114 Å². The number of aryl methyl sites for hydroxylation is 1. The second-order valence-corrected chi connectivity index (χ2v) is 21.4. The lowest BCUT2D eigenvalue weighted by molar-refractivity contribution is -0.155. The molecule has 0 radical (unpaired) electrons. The zero-order valence-electron chi connectivity index (χ0n) is 41.5. The molecule has 2 heterocycles. The normalized spacial score (nSPS) is 13.6. The summed E-state index contributed by atoms with van der Waals surface area (Å²) in [5.41, 5.74) is 2.16. The van der Waals surface area contributed by atoms with E-state index in [0.29, 0.717) is 24.2 Å². The summed E-state index contributed by atoms with van der Waals surface area (Å²) < 4.78 is 75.4. The van der Waals surface area contributed by atoms with Crippen LogP contribution in [0.5, 0.6) is 0 Å². The quantitative estimate of drug-likeness (QED) is 0.0266. The van der Waals surface area contributed by atoms with Crippen molar-refractivity contribution in [1.82, 2.24) is 45.8 Å². The highest BCUT2D eigenvalue weighted by molar-refractivity contribution is 7.89. The summed E-state index contributed by atoms with van der Waals surface area (Å²) in [6, 6.07) is 22.7. The number of esters is 2. The van der Waals surface area contributed by atoms with E-state index in [4.69, 9.17) is 14.2 Å². The van der Waals surface area contributed by atoms with E-state index in [1.54, 1.807) is 69.4 Å². The van der Waals surface area contributed by atoms with Crippen molar-refractivity contribution in [2.75, 3.05) is 46.4 Å². The Morgan fingerprint density at radius 2 is 1.50 bits per heavy atom. The Kier molecular flexibility index (Phi) is 19.6. The molecule has 22 nitrogen and oxygen atoms in total. The summed E-state index contributed by atoms with van der Waals surface area (Å²) in [6.07, 6.45) is 2.25. The standard InChI is InChI=1S/C50H62N10O12S2/c1-50(2,3)72-44(61)23-21-41(58-49(65)71-33-34-10-6-5-7-11-34)46(63)51-27-28-57-73(66,67)39-17-12-35(13-18-39)36-14-19-40(20-15-36)74(68,69)59-42(47(64)70-4)32-55-45(62)37-16-22-43-38(30-37)31-56-60(43)29-9-26-54-48-52-24-8-25-53-48/h5-7,10-20,22,30-31,41-42,57,59H,8-9,21,23-29,32-33H2,1-4H3,(H,51,63)(H,55,62)(H,58,65)(H2,52,53,54)/t41-,42-/m0/s1. The van der Waals surface area contributed by atoms with Crippen LogP contribution >= 0.6 is 0 Å². The number of carbonyl (C=O) groups excluding carboxylic acids is 5. The fourth-order valence-corrected chi connectivity index (χ4v) is 9.64. The number of hydrogen-bond donors (Lipinski definition) is 7. The molecule has 5 aromatic rings. The van der Waals surface area contributed by atoms with E-state index >= 15 is 0 Å². The van der Waals surface area contributed by atoms with Crippen LogP contribution in [-0.4, -0.2) is 126 Å². The van der Waals surface area contributed by atoms with E-state index in [2.05, 4.69) is 46.1 Å². The Balaban J connectivity index is 0.979. The Morgan fingerprint density at radius 3 is 2.15 bits per heavy atom. The molecule has 0 spiro atoms. The molecular weight excluding hydrogens is 997 g/mol. The number of methoxy groups -OCH3 is 1. The number of sulfonamides is 2. The number of alkyl carbamates (subject to hydrolysis) is 1. The molecule has 24 heteroatoms. The molecular formula is C50H62N10O12S2. The van der Waals surface area contributed by atoms with E-state index in [1.807, 2.05) is 10.7 Å². The Hall–Kier alpha value is -7.41. The number of nitrogens with zero attached hydrogens (tertiary/aromatic N) is 3. The van der Waals surface area contributed by atoms with E-state index in [0.717, 1.165) is 55.5 Å². The maximum absolute atomic E-state index is 13.5. The number of hydrogen-bond acceptors (Lipinski definition) is 16. The zero-order valence-corrected chi connectivity index (χ0v) is 43.1. The fraction of sp³-hybridized carbons (Fsp3) is 0.380. The van der Waals surface area contributed by atoms with Gasteiger partial charge in [-0.3, -0.25) is 28.9 Å². The van der Waals surface area contributed by atoms with Crippen molar-refractivity contribution in [2.45, 2.75) is 87.1 Å². The number of benzene rings is 4. The number of rotatable bonds is 24. The Morgan fingerprint density at radius 1 is 0.811 bits per heavy atom. The summed E-state index contributed by atoms with van der Waals surface area (Å²) in [5, 5.41) is 19.3. The molecule has 4 aromatic carbocycles. The number of aliphatic imine (C=N–C) groups is 1. The summed E-state index contributed by atoms with van der Waals surface area (Å²) in [4.78, 5) is 68.3. The van der Waals surface area contributed by atoms with Crippen LogP contribution in [0.1, 0.15) is 62.4 Å². The first-order valence-corrected chi connectivity index (χ1v) is 26.8. The minimum Gasteiger partial charge on any atom is -0.468 e. The fourth-order valence-electron chi connectivity index (χ4n) is 7.42. The summed E-state index contributed by atoms with van der Waals surface area (Å²) in [6.45, 7) is 7.25. The molecule has 396 valence electrons. The number of amides is 3. The first-order chi connectivity index (χ1) is 35.3. The van der Waals surface area contributed by atoms with Crippen molar-refractivity contribution < 1.29 is 55.0 Å². The zero-order chi connectivity index (χ0) is 53.3. The predicted molar refractivity (Wildman–Crippen MR) is 274 cm³/mol. The van der Waals surface area contributed by atoms with Crippen LogP contribution in [0.3, 0.4) is 0 Å². The highest BCUT2D eigenvalue weighted by atomic mass is 32.2. The molecule has 1 aromatic heterocycles. The third-order valence-electron chi connectivity index (χ3n) is 11.1. The third-order valence-corrected chi connectivity index (χ3v) is 14.1. The number of ether oxygens (including phenoxy) is 3. The monoisotopic (exact) mass is 1060 g/mol. The van der Waals surface area contributed by atoms with Gasteiger partial charge in [-0.1, -0.05) is 54.6 Å². The molecule has 0 saturated carbocycles. The van der Waals surface area contributed by atoms with Crippen LogP contribution in [0.15, 0.2) is 118 Å². The highest BCUT2D eigenvalue weighted by Crippen LogP contribution is 2.24. The van der Waals surface area contributed by atoms with Gasteiger partial charge in [0, 0.05) is 63.2 Å². The third kappa shape index (κ3) is 16.8. The number of nitrogens with one attached hydrogen (secondary N) is 7. The first kappa shape index (κ1) is 55.9. The van der Waals surface area contributed by atoms with Gasteiger partial charge in [-0.05, 0) is 99.2 Å². The first-order valence-electron chi connectivity index (χ1n) is 23.8. The van der Waals surface area contributed by atoms with Crippen LogP contribution in [0.4, 0.5) is 4.79 Å².